The van der Waals surface area contributed by atoms with E-state index in [-0.39, 0.29) is 17.3 Å². The van der Waals surface area contributed by atoms with Gasteiger partial charge < -0.3 is 9.84 Å². The van der Waals surface area contributed by atoms with Crippen molar-refractivity contribution in [1.82, 2.24) is 19.7 Å². The van der Waals surface area contributed by atoms with Crippen LogP contribution in [0.4, 0.5) is 4.79 Å². The summed E-state index contributed by atoms with van der Waals surface area (Å²) in [4.78, 5) is 29.3. The van der Waals surface area contributed by atoms with E-state index in [1.54, 1.807) is 18.2 Å². The SMILES string of the molecule is C#Cc1ccc2nc(-n3cc(OC(=O)O)cn3)[nH]c(=O)c2c1. The highest BCUT2D eigenvalue weighted by Crippen LogP contribution is 2.14. The third-order valence-electron chi connectivity index (χ3n) is 2.84. The Labute approximate surface area is 123 Å². The fourth-order valence-corrected chi connectivity index (χ4v) is 1.90. The molecule has 0 bridgehead atoms. The van der Waals surface area contributed by atoms with Gasteiger partial charge >= 0.3 is 6.16 Å². The molecule has 1 aromatic carbocycles. The molecule has 22 heavy (non-hydrogen) atoms. The molecule has 0 fully saturated rings. The molecule has 0 aliphatic carbocycles. The summed E-state index contributed by atoms with van der Waals surface area (Å²) in [6.07, 6.45) is 6.32. The van der Waals surface area contributed by atoms with Gasteiger partial charge in [-0.15, -0.1) is 6.42 Å². The lowest BCUT2D eigenvalue weighted by molar-refractivity contribution is 0.144. The summed E-state index contributed by atoms with van der Waals surface area (Å²) < 4.78 is 5.66. The monoisotopic (exact) mass is 296 g/mol. The number of benzene rings is 1. The number of terminal acetylenes is 1. The summed E-state index contributed by atoms with van der Waals surface area (Å²) in [6.45, 7) is 0. The Morgan fingerprint density at radius 1 is 1.45 bits per heavy atom. The average molecular weight is 296 g/mol. The molecule has 0 saturated heterocycles. The fourth-order valence-electron chi connectivity index (χ4n) is 1.90. The maximum atomic E-state index is 12.1. The van der Waals surface area contributed by atoms with Crippen LogP contribution in [0.15, 0.2) is 35.4 Å². The topological polar surface area (TPSA) is 110 Å². The van der Waals surface area contributed by atoms with Crippen LogP contribution in [0.2, 0.25) is 0 Å². The van der Waals surface area contributed by atoms with Crippen LogP contribution in [0, 0.1) is 12.3 Å². The second kappa shape index (κ2) is 5.06. The Bertz CT molecular complexity index is 980. The predicted molar refractivity (Wildman–Crippen MR) is 76.1 cm³/mol. The van der Waals surface area contributed by atoms with E-state index in [0.717, 1.165) is 0 Å². The first-order valence-electron chi connectivity index (χ1n) is 6.03. The molecule has 8 heteroatoms. The van der Waals surface area contributed by atoms with Gasteiger partial charge in [-0.2, -0.15) is 5.10 Å². The van der Waals surface area contributed by atoms with Gasteiger partial charge in [0.05, 0.1) is 23.3 Å². The van der Waals surface area contributed by atoms with Gasteiger partial charge in [0.2, 0.25) is 5.95 Å². The lowest BCUT2D eigenvalue weighted by Crippen LogP contribution is -2.14. The van der Waals surface area contributed by atoms with Crippen molar-refractivity contribution in [3.8, 4) is 24.0 Å². The van der Waals surface area contributed by atoms with Crippen LogP contribution in [0.3, 0.4) is 0 Å². The number of H-pyrrole nitrogens is 1. The Morgan fingerprint density at radius 2 is 2.27 bits per heavy atom. The molecule has 0 radical (unpaired) electrons. The first-order chi connectivity index (χ1) is 10.6. The molecule has 3 aromatic rings. The second-order valence-electron chi connectivity index (χ2n) is 4.25. The average Bonchev–Trinajstić information content (AvgIpc) is 2.94. The number of aromatic nitrogens is 4. The van der Waals surface area contributed by atoms with Crippen LogP contribution in [0.5, 0.6) is 5.75 Å². The minimum atomic E-state index is -1.46. The highest BCUT2D eigenvalue weighted by molar-refractivity contribution is 5.79. The first kappa shape index (κ1) is 13.4. The predicted octanol–water partition coefficient (Wildman–Crippen LogP) is 1.15. The van der Waals surface area contributed by atoms with Gasteiger partial charge in [0.25, 0.3) is 5.56 Å². The highest BCUT2D eigenvalue weighted by Gasteiger charge is 2.09. The van der Waals surface area contributed by atoms with Gasteiger partial charge in [-0.05, 0) is 18.2 Å². The number of rotatable bonds is 2. The van der Waals surface area contributed by atoms with E-state index in [9.17, 15) is 9.59 Å². The van der Waals surface area contributed by atoms with Crippen LogP contribution in [0.1, 0.15) is 5.56 Å². The van der Waals surface area contributed by atoms with Crippen LogP contribution >= 0.6 is 0 Å². The Morgan fingerprint density at radius 3 is 3.00 bits per heavy atom. The fraction of sp³-hybridized carbons (Fsp3) is 0. The number of aromatic amines is 1. The number of fused-ring (bicyclic) bond motifs is 1. The number of ether oxygens (including phenoxy) is 1. The lowest BCUT2D eigenvalue weighted by atomic mass is 10.1. The van der Waals surface area contributed by atoms with E-state index in [1.807, 2.05) is 0 Å². The van der Waals surface area contributed by atoms with Gasteiger partial charge in [0, 0.05) is 5.56 Å². The minimum Gasteiger partial charge on any atom is -0.449 e. The molecule has 108 valence electrons. The number of carbonyl (C=O) groups is 1. The molecule has 2 aromatic heterocycles. The van der Waals surface area contributed by atoms with E-state index >= 15 is 0 Å². The smallest absolute Gasteiger partial charge is 0.449 e. The van der Waals surface area contributed by atoms with Crippen LogP contribution in [-0.4, -0.2) is 31.0 Å². The van der Waals surface area contributed by atoms with E-state index in [0.29, 0.717) is 16.5 Å². The maximum Gasteiger partial charge on any atom is 0.511 e. The Balaban J connectivity index is 2.09. The van der Waals surface area contributed by atoms with Crippen molar-refractivity contribution in [3.05, 3.63) is 46.5 Å². The first-order valence-corrected chi connectivity index (χ1v) is 6.03. The summed E-state index contributed by atoms with van der Waals surface area (Å²) in [6, 6.07) is 4.86. The van der Waals surface area contributed by atoms with Crippen molar-refractivity contribution in [2.24, 2.45) is 0 Å². The van der Waals surface area contributed by atoms with Crippen molar-refractivity contribution >= 4 is 17.1 Å². The highest BCUT2D eigenvalue weighted by atomic mass is 16.7. The molecule has 2 heterocycles. The summed E-state index contributed by atoms with van der Waals surface area (Å²) >= 11 is 0. The van der Waals surface area contributed by atoms with Crippen molar-refractivity contribution in [1.29, 1.82) is 0 Å². The van der Waals surface area contributed by atoms with E-state index in [4.69, 9.17) is 11.5 Å². The molecule has 0 saturated carbocycles. The van der Waals surface area contributed by atoms with E-state index in [2.05, 4.69) is 25.7 Å². The maximum absolute atomic E-state index is 12.1. The van der Waals surface area contributed by atoms with Crippen molar-refractivity contribution < 1.29 is 14.6 Å². The molecule has 0 aliphatic heterocycles. The largest absolute Gasteiger partial charge is 0.511 e. The molecule has 0 atom stereocenters. The lowest BCUT2D eigenvalue weighted by Gasteiger charge is -2.02. The van der Waals surface area contributed by atoms with E-state index < -0.39 is 6.16 Å². The van der Waals surface area contributed by atoms with Gasteiger partial charge in [0.15, 0.2) is 5.75 Å². The molecule has 0 aliphatic rings. The standard InChI is InChI=1S/C14H8N4O4/c1-2-8-3-4-11-10(5-8)12(19)17-13(16-11)18-7-9(6-15-18)22-14(20)21/h1,3-7H,(H,20,21)(H,16,17,19). The van der Waals surface area contributed by atoms with Crippen LogP contribution < -0.4 is 10.3 Å². The minimum absolute atomic E-state index is 0.0120. The molecule has 8 nitrogen and oxygen atoms in total. The van der Waals surface area contributed by atoms with E-state index in [1.165, 1.54) is 17.1 Å². The molecule has 0 amide bonds. The normalized spacial score (nSPS) is 10.3. The molecule has 0 unspecified atom stereocenters. The Hall–Kier alpha value is -3.60. The zero-order valence-electron chi connectivity index (χ0n) is 11.0. The number of nitrogens with zero attached hydrogens (tertiary/aromatic N) is 3. The van der Waals surface area contributed by atoms with Crippen molar-refractivity contribution in [2.45, 2.75) is 0 Å². The van der Waals surface area contributed by atoms with Crippen molar-refractivity contribution in [3.63, 3.8) is 0 Å². The molecule has 2 N–H and O–H groups in total. The number of hydrogen-bond donors (Lipinski definition) is 2. The van der Waals surface area contributed by atoms with Gasteiger partial charge in [-0.3, -0.25) is 9.78 Å². The zero-order valence-corrected chi connectivity index (χ0v) is 11.0. The van der Waals surface area contributed by atoms with Gasteiger partial charge in [0.1, 0.15) is 0 Å². The number of hydrogen-bond acceptors (Lipinski definition) is 5. The third-order valence-corrected chi connectivity index (χ3v) is 2.84. The zero-order chi connectivity index (χ0) is 15.7. The summed E-state index contributed by atoms with van der Waals surface area (Å²) in [5, 5.41) is 12.8. The summed E-state index contributed by atoms with van der Waals surface area (Å²) in [5.41, 5.74) is 0.631. The van der Waals surface area contributed by atoms with Gasteiger partial charge in [-0.25, -0.2) is 14.5 Å². The second-order valence-corrected chi connectivity index (χ2v) is 4.25. The van der Waals surface area contributed by atoms with Crippen LogP contribution in [-0.2, 0) is 0 Å². The third kappa shape index (κ3) is 2.38. The number of nitrogens with one attached hydrogen (secondary N) is 1. The summed E-state index contributed by atoms with van der Waals surface area (Å²) in [7, 11) is 0. The molecule has 0 spiro atoms. The molecular formula is C14H8N4O4. The molecular weight excluding hydrogens is 288 g/mol. The van der Waals surface area contributed by atoms with Gasteiger partial charge in [-0.1, -0.05) is 5.92 Å². The summed E-state index contributed by atoms with van der Waals surface area (Å²) in [5.74, 6) is 2.59. The Kier molecular flexibility index (Phi) is 3.08. The molecule has 3 rings (SSSR count). The van der Waals surface area contributed by atoms with Crippen molar-refractivity contribution in [2.75, 3.05) is 0 Å². The quantitative estimate of drug-likeness (QED) is 0.542. The van der Waals surface area contributed by atoms with Crippen LogP contribution in [0.25, 0.3) is 16.9 Å². The number of carboxylic acid groups (broad SMARTS) is 1.